The van der Waals surface area contributed by atoms with E-state index in [1.165, 1.54) is 0 Å². The van der Waals surface area contributed by atoms with Gasteiger partial charge < -0.3 is 20.4 Å². The highest BCUT2D eigenvalue weighted by molar-refractivity contribution is 7.60. The van der Waals surface area contributed by atoms with Crippen LogP contribution in [0.1, 0.15) is 6.42 Å². The van der Waals surface area contributed by atoms with Gasteiger partial charge in [0.2, 0.25) is 0 Å². The fourth-order valence-electron chi connectivity index (χ4n) is 0.421. The first kappa shape index (κ1) is 13.2. The summed E-state index contributed by atoms with van der Waals surface area (Å²) in [5.74, 6) is 0. The zero-order chi connectivity index (χ0) is 10.5. The fraction of sp³-hybridized carbons (Fsp3) is 1.00. The SMILES string of the molecule is NCCCOP(=O)(O)OP(=O)(O)O. The minimum absolute atomic E-state index is 0.204. The molecule has 0 aromatic carbocycles. The summed E-state index contributed by atoms with van der Waals surface area (Å²) in [5.41, 5.74) is 5.04. The minimum atomic E-state index is -5.01. The molecule has 0 saturated heterocycles. The van der Waals surface area contributed by atoms with Crippen LogP contribution in [-0.4, -0.2) is 27.8 Å². The Morgan fingerprint density at radius 2 is 1.77 bits per heavy atom. The van der Waals surface area contributed by atoms with E-state index in [4.69, 9.17) is 20.4 Å². The molecule has 0 rings (SSSR count). The average molecular weight is 235 g/mol. The highest BCUT2D eigenvalue weighted by atomic mass is 31.3. The van der Waals surface area contributed by atoms with Crippen LogP contribution in [0.15, 0.2) is 0 Å². The quantitative estimate of drug-likeness (QED) is 0.359. The largest absolute Gasteiger partial charge is 0.481 e. The molecule has 0 aromatic rings. The van der Waals surface area contributed by atoms with Crippen molar-refractivity contribution in [1.29, 1.82) is 0 Å². The molecule has 0 spiro atoms. The van der Waals surface area contributed by atoms with Gasteiger partial charge in [-0.25, -0.2) is 9.13 Å². The Hall–Kier alpha value is 0.220. The predicted molar refractivity (Wildman–Crippen MR) is 42.6 cm³/mol. The molecule has 80 valence electrons. The maximum absolute atomic E-state index is 10.7. The van der Waals surface area contributed by atoms with Gasteiger partial charge >= 0.3 is 15.6 Å². The van der Waals surface area contributed by atoms with Gasteiger partial charge in [0.1, 0.15) is 0 Å². The molecule has 13 heavy (non-hydrogen) atoms. The van der Waals surface area contributed by atoms with Crippen LogP contribution in [0.25, 0.3) is 0 Å². The van der Waals surface area contributed by atoms with Crippen LogP contribution in [0.3, 0.4) is 0 Å². The van der Waals surface area contributed by atoms with Gasteiger partial charge in [-0.05, 0) is 13.0 Å². The number of phosphoric acid groups is 2. The van der Waals surface area contributed by atoms with Crippen LogP contribution in [0, 0.1) is 0 Å². The number of phosphoric ester groups is 1. The topological polar surface area (TPSA) is 139 Å². The van der Waals surface area contributed by atoms with Gasteiger partial charge in [0.05, 0.1) is 6.61 Å². The maximum Gasteiger partial charge on any atom is 0.481 e. The Kier molecular flexibility index (Phi) is 5.28. The van der Waals surface area contributed by atoms with Gasteiger partial charge in [-0.1, -0.05) is 0 Å². The van der Waals surface area contributed by atoms with E-state index in [-0.39, 0.29) is 19.6 Å². The smallest absolute Gasteiger partial charge is 0.330 e. The molecule has 0 fully saturated rings. The summed E-state index contributed by atoms with van der Waals surface area (Å²) in [5, 5.41) is 0. The maximum atomic E-state index is 10.7. The molecule has 0 heterocycles. The second kappa shape index (κ2) is 5.19. The molecule has 8 nitrogen and oxygen atoms in total. The standard InChI is InChI=1S/C3H11NO7P2/c4-2-1-3-10-13(8,9)11-12(5,6)7/h1-4H2,(H,8,9)(H2,5,6,7). The molecule has 0 saturated carbocycles. The van der Waals surface area contributed by atoms with Gasteiger partial charge in [-0.15, -0.1) is 0 Å². The first-order valence-electron chi connectivity index (χ1n) is 3.21. The molecule has 0 aliphatic carbocycles. The van der Waals surface area contributed by atoms with Crippen LogP contribution in [0.4, 0.5) is 0 Å². The lowest BCUT2D eigenvalue weighted by atomic mass is 10.5. The first-order valence-corrected chi connectivity index (χ1v) is 6.24. The Morgan fingerprint density at radius 3 is 2.15 bits per heavy atom. The Morgan fingerprint density at radius 1 is 1.23 bits per heavy atom. The Labute approximate surface area is 74.5 Å². The van der Waals surface area contributed by atoms with Gasteiger partial charge in [0.25, 0.3) is 0 Å². The third-order valence-electron chi connectivity index (χ3n) is 0.812. The molecule has 0 aliphatic heterocycles. The molecule has 10 heteroatoms. The van der Waals surface area contributed by atoms with Crippen molar-refractivity contribution in [3.05, 3.63) is 0 Å². The van der Waals surface area contributed by atoms with Crippen molar-refractivity contribution in [2.45, 2.75) is 6.42 Å². The molecule has 1 unspecified atom stereocenters. The normalized spacial score (nSPS) is 16.9. The Bertz CT molecular complexity index is 236. The van der Waals surface area contributed by atoms with Crippen LogP contribution in [0.5, 0.6) is 0 Å². The van der Waals surface area contributed by atoms with Crippen LogP contribution in [0.2, 0.25) is 0 Å². The van der Waals surface area contributed by atoms with E-state index in [0.717, 1.165) is 0 Å². The van der Waals surface area contributed by atoms with Crippen molar-refractivity contribution >= 4 is 15.6 Å². The number of rotatable bonds is 6. The molecular weight excluding hydrogens is 224 g/mol. The molecule has 0 bridgehead atoms. The fourth-order valence-corrected chi connectivity index (χ4v) is 2.04. The van der Waals surface area contributed by atoms with E-state index in [2.05, 4.69) is 8.83 Å². The minimum Gasteiger partial charge on any atom is -0.330 e. The van der Waals surface area contributed by atoms with E-state index >= 15 is 0 Å². The monoisotopic (exact) mass is 235 g/mol. The van der Waals surface area contributed by atoms with Gasteiger partial charge in [0.15, 0.2) is 0 Å². The molecule has 0 aliphatic rings. The van der Waals surface area contributed by atoms with Crippen molar-refractivity contribution < 1.29 is 32.6 Å². The summed E-state index contributed by atoms with van der Waals surface area (Å²) in [6.07, 6.45) is 0.287. The number of nitrogens with two attached hydrogens (primary N) is 1. The zero-order valence-electron chi connectivity index (χ0n) is 6.57. The van der Waals surface area contributed by atoms with E-state index in [1.807, 2.05) is 0 Å². The molecule has 0 aromatic heterocycles. The second-order valence-corrected chi connectivity index (χ2v) is 4.85. The second-order valence-electron chi connectivity index (χ2n) is 2.02. The highest BCUT2D eigenvalue weighted by Gasteiger charge is 2.31. The van der Waals surface area contributed by atoms with Crippen molar-refractivity contribution in [3.8, 4) is 0 Å². The molecule has 0 radical (unpaired) electrons. The van der Waals surface area contributed by atoms with Crippen molar-refractivity contribution in [2.75, 3.05) is 13.2 Å². The van der Waals surface area contributed by atoms with Crippen LogP contribution >= 0.6 is 15.6 Å². The molecular formula is C3H11NO7P2. The van der Waals surface area contributed by atoms with Crippen molar-refractivity contribution in [2.24, 2.45) is 5.73 Å². The van der Waals surface area contributed by atoms with Gasteiger partial charge in [-0.3, -0.25) is 4.52 Å². The lowest BCUT2D eigenvalue weighted by Crippen LogP contribution is -2.04. The van der Waals surface area contributed by atoms with E-state index in [1.54, 1.807) is 0 Å². The first-order chi connectivity index (χ1) is 5.77. The summed E-state index contributed by atoms with van der Waals surface area (Å²) in [4.78, 5) is 25.0. The summed E-state index contributed by atoms with van der Waals surface area (Å²) in [6, 6.07) is 0. The number of hydrogen-bond donors (Lipinski definition) is 4. The summed E-state index contributed by atoms with van der Waals surface area (Å²) < 4.78 is 28.4. The lowest BCUT2D eigenvalue weighted by Gasteiger charge is -2.11. The van der Waals surface area contributed by atoms with E-state index in [9.17, 15) is 9.13 Å². The van der Waals surface area contributed by atoms with Gasteiger partial charge in [-0.2, -0.15) is 4.31 Å². The van der Waals surface area contributed by atoms with Crippen molar-refractivity contribution in [3.63, 3.8) is 0 Å². The van der Waals surface area contributed by atoms with Gasteiger partial charge in [0, 0.05) is 0 Å². The van der Waals surface area contributed by atoms with Crippen molar-refractivity contribution in [1.82, 2.24) is 0 Å². The zero-order valence-corrected chi connectivity index (χ0v) is 8.36. The Balaban J connectivity index is 3.95. The predicted octanol–water partition coefficient (Wildman–Crippen LogP) is -0.438. The third-order valence-corrected chi connectivity index (χ3v) is 3.00. The lowest BCUT2D eigenvalue weighted by molar-refractivity contribution is 0.178. The number of hydrogen-bond acceptors (Lipinski definition) is 5. The summed E-state index contributed by atoms with van der Waals surface area (Å²) >= 11 is 0. The van der Waals surface area contributed by atoms with Crippen LogP contribution < -0.4 is 5.73 Å². The molecule has 0 amide bonds. The molecule has 1 atom stereocenters. The third kappa shape index (κ3) is 8.55. The average Bonchev–Trinajstić information content (AvgIpc) is 1.81. The van der Waals surface area contributed by atoms with E-state index in [0.29, 0.717) is 0 Å². The molecule has 5 N–H and O–H groups in total. The van der Waals surface area contributed by atoms with Crippen LogP contribution in [-0.2, 0) is 18.0 Å². The summed E-state index contributed by atoms with van der Waals surface area (Å²) in [6.45, 7) is 0.0280. The van der Waals surface area contributed by atoms with E-state index < -0.39 is 15.6 Å². The summed E-state index contributed by atoms with van der Waals surface area (Å²) in [7, 11) is -9.67. The highest BCUT2D eigenvalue weighted by Crippen LogP contribution is 2.57.